The molecule has 1 unspecified atom stereocenters. The van der Waals surface area contributed by atoms with E-state index in [2.05, 4.69) is 5.32 Å². The quantitative estimate of drug-likeness (QED) is 0.801. The number of hydrogen-bond acceptors (Lipinski definition) is 2. The first-order valence-electron chi connectivity index (χ1n) is 5.90. The van der Waals surface area contributed by atoms with E-state index in [0.29, 0.717) is 12.1 Å². The van der Waals surface area contributed by atoms with Crippen LogP contribution in [0.15, 0.2) is 18.2 Å². The summed E-state index contributed by atoms with van der Waals surface area (Å²) in [6, 6.07) is 5.37. The Balaban J connectivity index is 2.02. The van der Waals surface area contributed by atoms with Crippen molar-refractivity contribution < 1.29 is 4.39 Å². The highest BCUT2D eigenvalue weighted by Gasteiger charge is 2.22. The van der Waals surface area contributed by atoms with Crippen molar-refractivity contribution in [2.24, 2.45) is 11.7 Å². The molecule has 1 atom stereocenters. The second-order valence-electron chi connectivity index (χ2n) is 4.65. The molecule has 88 valence electrons. The topological polar surface area (TPSA) is 38.0 Å². The van der Waals surface area contributed by atoms with Gasteiger partial charge in [0.1, 0.15) is 5.82 Å². The molecule has 3 heteroatoms. The Morgan fingerprint density at radius 2 is 2.25 bits per heavy atom. The molecule has 1 aromatic carbocycles. The molecule has 0 radical (unpaired) electrons. The average molecular weight is 222 g/mol. The van der Waals surface area contributed by atoms with Gasteiger partial charge in [0.05, 0.1) is 0 Å². The zero-order valence-electron chi connectivity index (χ0n) is 9.67. The maximum absolute atomic E-state index is 13.1. The maximum atomic E-state index is 13.1. The minimum Gasteiger partial charge on any atom is -0.329 e. The van der Waals surface area contributed by atoms with Gasteiger partial charge in [0.2, 0.25) is 0 Å². The SMILES string of the molecule is Cc1cc(C(CN)NCC2CC2)ccc1F. The average Bonchev–Trinajstić information content (AvgIpc) is 3.08. The van der Waals surface area contributed by atoms with Crippen molar-refractivity contribution in [2.45, 2.75) is 25.8 Å². The van der Waals surface area contributed by atoms with Crippen molar-refractivity contribution >= 4 is 0 Å². The second kappa shape index (κ2) is 4.93. The summed E-state index contributed by atoms with van der Waals surface area (Å²) in [6.07, 6.45) is 2.65. The van der Waals surface area contributed by atoms with Gasteiger partial charge in [0, 0.05) is 12.6 Å². The fourth-order valence-electron chi connectivity index (χ4n) is 1.85. The van der Waals surface area contributed by atoms with Gasteiger partial charge in [-0.3, -0.25) is 0 Å². The summed E-state index contributed by atoms with van der Waals surface area (Å²) in [5.41, 5.74) is 7.51. The zero-order valence-corrected chi connectivity index (χ0v) is 9.67. The highest BCUT2D eigenvalue weighted by molar-refractivity contribution is 5.26. The van der Waals surface area contributed by atoms with Gasteiger partial charge in [-0.2, -0.15) is 0 Å². The normalized spacial score (nSPS) is 17.4. The van der Waals surface area contributed by atoms with Gasteiger partial charge in [-0.15, -0.1) is 0 Å². The molecule has 0 heterocycles. The molecule has 0 aromatic heterocycles. The van der Waals surface area contributed by atoms with Crippen molar-refractivity contribution in [3.8, 4) is 0 Å². The number of halogens is 1. The van der Waals surface area contributed by atoms with Crippen LogP contribution in [-0.2, 0) is 0 Å². The smallest absolute Gasteiger partial charge is 0.126 e. The molecule has 0 aliphatic heterocycles. The van der Waals surface area contributed by atoms with Crippen LogP contribution in [0.1, 0.15) is 30.0 Å². The number of nitrogens with one attached hydrogen (secondary N) is 1. The summed E-state index contributed by atoms with van der Waals surface area (Å²) in [7, 11) is 0. The minimum absolute atomic E-state index is 0.151. The summed E-state index contributed by atoms with van der Waals surface area (Å²) >= 11 is 0. The molecule has 1 aliphatic carbocycles. The maximum Gasteiger partial charge on any atom is 0.126 e. The number of benzene rings is 1. The van der Waals surface area contributed by atoms with Crippen LogP contribution < -0.4 is 11.1 Å². The number of nitrogens with two attached hydrogens (primary N) is 1. The lowest BCUT2D eigenvalue weighted by molar-refractivity contribution is 0.520. The largest absolute Gasteiger partial charge is 0.329 e. The Morgan fingerprint density at radius 3 is 2.81 bits per heavy atom. The van der Waals surface area contributed by atoms with E-state index in [0.717, 1.165) is 18.0 Å². The van der Waals surface area contributed by atoms with Gasteiger partial charge in [-0.25, -0.2) is 4.39 Å². The highest BCUT2D eigenvalue weighted by atomic mass is 19.1. The molecule has 1 fully saturated rings. The van der Waals surface area contributed by atoms with E-state index >= 15 is 0 Å². The Kier molecular flexibility index (Phi) is 3.56. The van der Waals surface area contributed by atoms with Crippen LogP contribution in [0, 0.1) is 18.7 Å². The lowest BCUT2D eigenvalue weighted by Gasteiger charge is -2.17. The van der Waals surface area contributed by atoms with E-state index in [1.807, 2.05) is 12.1 Å². The number of aryl methyl sites for hydroxylation is 1. The molecule has 2 nitrogen and oxygen atoms in total. The summed E-state index contributed by atoms with van der Waals surface area (Å²) < 4.78 is 13.1. The van der Waals surface area contributed by atoms with Crippen molar-refractivity contribution in [1.29, 1.82) is 0 Å². The van der Waals surface area contributed by atoms with Crippen molar-refractivity contribution in [3.05, 3.63) is 35.1 Å². The summed E-state index contributed by atoms with van der Waals surface area (Å²) in [4.78, 5) is 0. The standard InChI is InChI=1S/C13H19FN2/c1-9-6-11(4-5-12(9)14)13(7-15)16-8-10-2-3-10/h4-6,10,13,16H,2-3,7-8,15H2,1H3. The third-order valence-electron chi connectivity index (χ3n) is 3.17. The van der Waals surface area contributed by atoms with E-state index in [9.17, 15) is 4.39 Å². The van der Waals surface area contributed by atoms with Crippen molar-refractivity contribution in [2.75, 3.05) is 13.1 Å². The zero-order chi connectivity index (χ0) is 11.5. The summed E-state index contributed by atoms with van der Waals surface area (Å²) in [5, 5.41) is 3.45. The Bertz CT molecular complexity index is 361. The molecule has 16 heavy (non-hydrogen) atoms. The Hall–Kier alpha value is -0.930. The van der Waals surface area contributed by atoms with Crippen LogP contribution in [0.4, 0.5) is 4.39 Å². The lowest BCUT2D eigenvalue weighted by Crippen LogP contribution is -2.29. The van der Waals surface area contributed by atoms with Gasteiger partial charge in [0.25, 0.3) is 0 Å². The van der Waals surface area contributed by atoms with E-state index in [-0.39, 0.29) is 11.9 Å². The predicted molar refractivity (Wildman–Crippen MR) is 63.7 cm³/mol. The third kappa shape index (κ3) is 2.80. The molecule has 0 saturated heterocycles. The van der Waals surface area contributed by atoms with Crippen molar-refractivity contribution in [3.63, 3.8) is 0 Å². The Morgan fingerprint density at radius 1 is 1.50 bits per heavy atom. The van der Waals surface area contributed by atoms with Gasteiger partial charge < -0.3 is 11.1 Å². The van der Waals surface area contributed by atoms with Gasteiger partial charge >= 0.3 is 0 Å². The molecular formula is C13H19FN2. The molecule has 2 rings (SSSR count). The number of rotatable bonds is 5. The Labute approximate surface area is 96.0 Å². The van der Waals surface area contributed by atoms with Crippen LogP contribution in [0.25, 0.3) is 0 Å². The van der Waals surface area contributed by atoms with Gasteiger partial charge in [0.15, 0.2) is 0 Å². The number of hydrogen-bond donors (Lipinski definition) is 2. The van der Waals surface area contributed by atoms with E-state index in [4.69, 9.17) is 5.73 Å². The van der Waals surface area contributed by atoms with Crippen molar-refractivity contribution in [1.82, 2.24) is 5.32 Å². The fraction of sp³-hybridized carbons (Fsp3) is 0.538. The molecule has 1 aliphatic rings. The fourth-order valence-corrected chi connectivity index (χ4v) is 1.85. The first-order chi connectivity index (χ1) is 7.70. The molecule has 0 spiro atoms. The van der Waals surface area contributed by atoms with E-state index in [1.165, 1.54) is 18.9 Å². The molecular weight excluding hydrogens is 203 g/mol. The van der Waals surface area contributed by atoms with Crippen LogP contribution >= 0.6 is 0 Å². The third-order valence-corrected chi connectivity index (χ3v) is 3.17. The summed E-state index contributed by atoms with van der Waals surface area (Å²) in [5.74, 6) is 0.678. The van der Waals surface area contributed by atoms with Crippen LogP contribution in [0.2, 0.25) is 0 Å². The predicted octanol–water partition coefficient (Wildman–Crippen LogP) is 2.13. The monoisotopic (exact) mass is 222 g/mol. The highest BCUT2D eigenvalue weighted by Crippen LogP contribution is 2.28. The lowest BCUT2D eigenvalue weighted by atomic mass is 10.0. The van der Waals surface area contributed by atoms with Gasteiger partial charge in [-0.05, 0) is 49.4 Å². The molecule has 0 bridgehead atoms. The van der Waals surface area contributed by atoms with E-state index in [1.54, 1.807) is 6.92 Å². The second-order valence-corrected chi connectivity index (χ2v) is 4.65. The molecule has 1 aromatic rings. The van der Waals surface area contributed by atoms with E-state index < -0.39 is 0 Å². The first kappa shape index (κ1) is 11.6. The van der Waals surface area contributed by atoms with Gasteiger partial charge in [-0.1, -0.05) is 12.1 Å². The minimum atomic E-state index is -0.151. The first-order valence-corrected chi connectivity index (χ1v) is 5.90. The molecule has 0 amide bonds. The summed E-state index contributed by atoms with van der Waals surface area (Å²) in [6.45, 7) is 3.36. The van der Waals surface area contributed by atoms with Crippen LogP contribution in [0.3, 0.4) is 0 Å². The van der Waals surface area contributed by atoms with Crippen LogP contribution in [-0.4, -0.2) is 13.1 Å². The van der Waals surface area contributed by atoms with Crippen LogP contribution in [0.5, 0.6) is 0 Å². The molecule has 3 N–H and O–H groups in total. The molecule has 1 saturated carbocycles.